The average Bonchev–Trinajstić information content (AvgIpc) is 3.13. The lowest BCUT2D eigenvalue weighted by atomic mass is 10.0. The Bertz CT molecular complexity index is 655. The zero-order valence-corrected chi connectivity index (χ0v) is 14.1. The van der Waals surface area contributed by atoms with Crippen LogP contribution in [0.3, 0.4) is 0 Å². The van der Waals surface area contributed by atoms with Crippen molar-refractivity contribution in [1.82, 2.24) is 10.6 Å². The first-order valence-electron chi connectivity index (χ1n) is 8.76. The van der Waals surface area contributed by atoms with Crippen LogP contribution in [0, 0.1) is 17.1 Å². The van der Waals surface area contributed by atoms with Crippen LogP contribution >= 0.6 is 0 Å². The van der Waals surface area contributed by atoms with Gasteiger partial charge in [-0.05, 0) is 43.9 Å². The number of anilines is 1. The third-order valence-electron chi connectivity index (χ3n) is 4.69. The summed E-state index contributed by atoms with van der Waals surface area (Å²) in [7, 11) is 0. The number of nitrogens with one attached hydrogen (secondary N) is 2. The molecular weight excluding hydrogens is 323 g/mol. The van der Waals surface area contributed by atoms with E-state index in [-0.39, 0.29) is 18.2 Å². The highest BCUT2D eigenvalue weighted by Gasteiger charge is 2.24. The Balaban J connectivity index is 1.52. The van der Waals surface area contributed by atoms with Gasteiger partial charge in [-0.1, -0.05) is 0 Å². The minimum Gasteiger partial charge on any atom is -0.376 e. The number of benzene rings is 1. The molecule has 2 saturated heterocycles. The Morgan fingerprint density at radius 1 is 1.40 bits per heavy atom. The van der Waals surface area contributed by atoms with Crippen molar-refractivity contribution in [3.05, 3.63) is 29.6 Å². The Morgan fingerprint density at radius 2 is 2.28 bits per heavy atom. The van der Waals surface area contributed by atoms with Gasteiger partial charge in [0.1, 0.15) is 5.82 Å². The molecule has 0 spiro atoms. The van der Waals surface area contributed by atoms with E-state index in [4.69, 9.17) is 10.00 Å². The van der Waals surface area contributed by atoms with Gasteiger partial charge in [0.15, 0.2) is 0 Å². The van der Waals surface area contributed by atoms with E-state index in [0.29, 0.717) is 24.3 Å². The summed E-state index contributed by atoms with van der Waals surface area (Å²) in [5.74, 6) is -0.400. The summed E-state index contributed by atoms with van der Waals surface area (Å²) in [5.41, 5.74) is 0.784. The lowest BCUT2D eigenvalue weighted by Crippen LogP contribution is -2.51. The highest BCUT2D eigenvalue weighted by Crippen LogP contribution is 2.24. The first kappa shape index (κ1) is 17.5. The van der Waals surface area contributed by atoms with E-state index in [1.54, 1.807) is 12.1 Å². The molecule has 25 heavy (non-hydrogen) atoms. The van der Waals surface area contributed by atoms with E-state index in [9.17, 15) is 9.18 Å². The number of nitrogens with zero attached hydrogens (tertiary/aromatic N) is 2. The number of hydrogen-bond acceptors (Lipinski definition) is 4. The fourth-order valence-corrected chi connectivity index (χ4v) is 3.39. The predicted molar refractivity (Wildman–Crippen MR) is 91.9 cm³/mol. The number of piperidine rings is 1. The molecule has 0 radical (unpaired) electrons. The molecular formula is C18H23FN4O2. The van der Waals surface area contributed by atoms with E-state index in [0.717, 1.165) is 38.8 Å². The summed E-state index contributed by atoms with van der Waals surface area (Å²) in [6, 6.07) is 6.19. The number of ether oxygens (including phenoxy) is 1. The van der Waals surface area contributed by atoms with Crippen molar-refractivity contribution < 1.29 is 13.9 Å². The minimum atomic E-state index is -0.400. The number of rotatable bonds is 4. The summed E-state index contributed by atoms with van der Waals surface area (Å²) in [6.07, 6.45) is 3.87. The average molecular weight is 346 g/mol. The summed E-state index contributed by atoms with van der Waals surface area (Å²) in [5, 5.41) is 14.7. The standard InChI is InChI=1S/C18H23FN4O2/c19-16-9-13(10-20)5-6-17(16)23-7-1-3-14(12-23)22-18(24)21-11-15-4-2-8-25-15/h5-6,9,14-15H,1-4,7-8,11-12H2,(H2,21,22,24)/t14-,15-/m0/s1. The number of halogens is 1. The second-order valence-electron chi connectivity index (χ2n) is 6.55. The number of nitriles is 1. The smallest absolute Gasteiger partial charge is 0.315 e. The van der Waals surface area contributed by atoms with Crippen molar-refractivity contribution in [3.63, 3.8) is 0 Å². The molecule has 0 bridgehead atoms. The highest BCUT2D eigenvalue weighted by atomic mass is 19.1. The fourth-order valence-electron chi connectivity index (χ4n) is 3.39. The Hall–Kier alpha value is -2.33. The first-order valence-corrected chi connectivity index (χ1v) is 8.76. The van der Waals surface area contributed by atoms with Gasteiger partial charge in [-0.2, -0.15) is 5.26 Å². The molecule has 2 fully saturated rings. The molecule has 0 aliphatic carbocycles. The maximum absolute atomic E-state index is 14.2. The van der Waals surface area contributed by atoms with Gasteiger partial charge in [0.25, 0.3) is 0 Å². The van der Waals surface area contributed by atoms with Gasteiger partial charge in [0.2, 0.25) is 0 Å². The van der Waals surface area contributed by atoms with Gasteiger partial charge < -0.3 is 20.3 Å². The molecule has 0 aromatic heterocycles. The van der Waals surface area contributed by atoms with Crippen LogP contribution < -0.4 is 15.5 Å². The van der Waals surface area contributed by atoms with Crippen molar-refractivity contribution in [2.75, 3.05) is 31.1 Å². The number of amides is 2. The van der Waals surface area contributed by atoms with Crippen molar-refractivity contribution in [2.24, 2.45) is 0 Å². The molecule has 6 nitrogen and oxygen atoms in total. The van der Waals surface area contributed by atoms with Crippen LogP contribution in [0.15, 0.2) is 18.2 Å². The third-order valence-corrected chi connectivity index (χ3v) is 4.69. The molecule has 2 amide bonds. The number of carbonyl (C=O) groups excluding carboxylic acids is 1. The van der Waals surface area contributed by atoms with E-state index in [2.05, 4.69) is 10.6 Å². The molecule has 2 aliphatic rings. The molecule has 0 unspecified atom stereocenters. The topological polar surface area (TPSA) is 77.4 Å². The maximum atomic E-state index is 14.2. The quantitative estimate of drug-likeness (QED) is 0.876. The SMILES string of the molecule is N#Cc1ccc(N2CCC[C@H](NC(=O)NC[C@@H]3CCCO3)C2)c(F)c1. The van der Waals surface area contributed by atoms with Crippen LogP contribution in [0.2, 0.25) is 0 Å². The summed E-state index contributed by atoms with van der Waals surface area (Å²) in [4.78, 5) is 14.0. The molecule has 1 aromatic carbocycles. The zero-order chi connectivity index (χ0) is 17.6. The van der Waals surface area contributed by atoms with E-state index in [1.807, 2.05) is 11.0 Å². The second-order valence-corrected chi connectivity index (χ2v) is 6.55. The Kier molecular flexibility index (Phi) is 5.71. The van der Waals surface area contributed by atoms with Gasteiger partial charge in [-0.25, -0.2) is 9.18 Å². The first-order chi connectivity index (χ1) is 12.2. The van der Waals surface area contributed by atoms with Crippen LogP contribution in [-0.2, 0) is 4.74 Å². The fraction of sp³-hybridized carbons (Fsp3) is 0.556. The Labute approximate surface area is 146 Å². The van der Waals surface area contributed by atoms with Crippen molar-refractivity contribution in [3.8, 4) is 6.07 Å². The maximum Gasteiger partial charge on any atom is 0.315 e. The molecule has 0 saturated carbocycles. The van der Waals surface area contributed by atoms with Gasteiger partial charge in [0, 0.05) is 32.3 Å². The molecule has 134 valence electrons. The molecule has 2 N–H and O–H groups in total. The van der Waals surface area contributed by atoms with Crippen molar-refractivity contribution in [1.29, 1.82) is 5.26 Å². The van der Waals surface area contributed by atoms with Gasteiger partial charge >= 0.3 is 6.03 Å². The number of hydrogen-bond donors (Lipinski definition) is 2. The molecule has 1 aromatic rings. The lowest BCUT2D eigenvalue weighted by Gasteiger charge is -2.35. The largest absolute Gasteiger partial charge is 0.376 e. The van der Waals surface area contributed by atoms with E-state index < -0.39 is 5.82 Å². The van der Waals surface area contributed by atoms with Crippen LogP contribution in [0.25, 0.3) is 0 Å². The minimum absolute atomic E-state index is 0.0340. The van der Waals surface area contributed by atoms with Crippen LogP contribution in [0.1, 0.15) is 31.2 Å². The highest BCUT2D eigenvalue weighted by molar-refractivity contribution is 5.74. The summed E-state index contributed by atoms with van der Waals surface area (Å²) >= 11 is 0. The van der Waals surface area contributed by atoms with Crippen molar-refractivity contribution in [2.45, 2.75) is 37.8 Å². The van der Waals surface area contributed by atoms with Crippen LogP contribution in [0.4, 0.5) is 14.9 Å². The third kappa shape index (κ3) is 4.60. The van der Waals surface area contributed by atoms with Gasteiger partial charge in [0.05, 0.1) is 23.4 Å². The Morgan fingerprint density at radius 3 is 3.00 bits per heavy atom. The molecule has 3 rings (SSSR count). The number of urea groups is 1. The van der Waals surface area contributed by atoms with Gasteiger partial charge in [-0.15, -0.1) is 0 Å². The van der Waals surface area contributed by atoms with E-state index in [1.165, 1.54) is 6.07 Å². The van der Waals surface area contributed by atoms with Gasteiger partial charge in [-0.3, -0.25) is 0 Å². The molecule has 2 heterocycles. The van der Waals surface area contributed by atoms with Crippen LogP contribution in [-0.4, -0.2) is 44.4 Å². The second kappa shape index (κ2) is 8.17. The summed E-state index contributed by atoms with van der Waals surface area (Å²) < 4.78 is 19.7. The number of carbonyl (C=O) groups is 1. The zero-order valence-electron chi connectivity index (χ0n) is 14.1. The van der Waals surface area contributed by atoms with Crippen LogP contribution in [0.5, 0.6) is 0 Å². The molecule has 2 atom stereocenters. The molecule has 7 heteroatoms. The summed E-state index contributed by atoms with van der Waals surface area (Å²) in [6.45, 7) is 2.57. The van der Waals surface area contributed by atoms with E-state index >= 15 is 0 Å². The monoisotopic (exact) mass is 346 g/mol. The molecule has 2 aliphatic heterocycles. The predicted octanol–water partition coefficient (Wildman–Crippen LogP) is 2.14. The van der Waals surface area contributed by atoms with Crippen molar-refractivity contribution >= 4 is 11.7 Å². The lowest BCUT2D eigenvalue weighted by molar-refractivity contribution is 0.111. The normalized spacial score (nSPS) is 23.1.